The number of imide groups is 2. The van der Waals surface area contributed by atoms with Crippen LogP contribution in [0, 0.1) is 0 Å². The SMILES string of the molecule is CC(C)(C)c1cc(C(NC(=O)CCCCCNc2cccc3c2C(=O)N(C2CCC(=O)NC2=O)C3=O)c2ccc3c(c2)OC(F)(F)O3)c(O)c2ncccc12. The summed E-state index contributed by atoms with van der Waals surface area (Å²) in [7, 11) is 0. The summed E-state index contributed by atoms with van der Waals surface area (Å²) in [5.41, 5.74) is 2.29. The Bertz CT molecular complexity index is 2250. The van der Waals surface area contributed by atoms with Crippen LogP contribution in [0.25, 0.3) is 10.9 Å². The van der Waals surface area contributed by atoms with Crippen molar-refractivity contribution >= 4 is 46.1 Å². The third kappa shape index (κ3) is 7.25. The molecule has 3 aliphatic heterocycles. The number of halogens is 2. The molecule has 4 heterocycles. The Morgan fingerprint density at radius 3 is 2.56 bits per heavy atom. The first-order chi connectivity index (χ1) is 26.1. The molecule has 1 aromatic heterocycles. The van der Waals surface area contributed by atoms with E-state index < -0.39 is 47.4 Å². The number of aromatic hydroxyl groups is 1. The third-order valence-electron chi connectivity index (χ3n) is 9.94. The van der Waals surface area contributed by atoms with Crippen molar-refractivity contribution in [3.05, 3.63) is 88.6 Å². The van der Waals surface area contributed by atoms with Gasteiger partial charge in [-0.2, -0.15) is 0 Å². The summed E-state index contributed by atoms with van der Waals surface area (Å²) < 4.78 is 37.1. The fraction of sp³-hybridized carbons (Fsp3) is 0.350. The van der Waals surface area contributed by atoms with Crippen molar-refractivity contribution in [1.29, 1.82) is 0 Å². The van der Waals surface area contributed by atoms with Gasteiger partial charge in [-0.1, -0.05) is 45.4 Å². The van der Waals surface area contributed by atoms with Crippen molar-refractivity contribution in [2.24, 2.45) is 0 Å². The number of phenolic OH excluding ortho intramolecular Hbond substituents is 1. The number of nitrogens with one attached hydrogen (secondary N) is 3. The number of alkyl halides is 2. The molecule has 4 aromatic rings. The largest absolute Gasteiger partial charge is 0.586 e. The molecule has 55 heavy (non-hydrogen) atoms. The Balaban J connectivity index is 1.02. The number of hydrogen-bond donors (Lipinski definition) is 4. The lowest BCUT2D eigenvalue weighted by molar-refractivity contribution is -0.286. The Labute approximate surface area is 314 Å². The van der Waals surface area contributed by atoms with Gasteiger partial charge in [-0.15, -0.1) is 8.78 Å². The summed E-state index contributed by atoms with van der Waals surface area (Å²) in [5, 5.41) is 20.7. The molecule has 5 amide bonds. The van der Waals surface area contributed by atoms with Crippen LogP contribution in [0.1, 0.15) is 103 Å². The molecule has 4 N–H and O–H groups in total. The maximum Gasteiger partial charge on any atom is 0.586 e. The van der Waals surface area contributed by atoms with E-state index in [1.807, 2.05) is 26.8 Å². The summed E-state index contributed by atoms with van der Waals surface area (Å²) in [6, 6.07) is 12.4. The number of ether oxygens (including phenoxy) is 2. The lowest BCUT2D eigenvalue weighted by Crippen LogP contribution is -2.54. The van der Waals surface area contributed by atoms with Gasteiger partial charge in [-0.25, -0.2) is 0 Å². The number of carbonyl (C=O) groups excluding carboxylic acids is 5. The number of benzene rings is 3. The Kier molecular flexibility index (Phi) is 9.65. The number of piperidine rings is 1. The van der Waals surface area contributed by atoms with Gasteiger partial charge in [0.25, 0.3) is 11.8 Å². The highest BCUT2D eigenvalue weighted by molar-refractivity contribution is 6.25. The fourth-order valence-electron chi connectivity index (χ4n) is 7.28. The van der Waals surface area contributed by atoms with Crippen molar-refractivity contribution in [1.82, 2.24) is 20.5 Å². The number of phenols is 1. The summed E-state index contributed by atoms with van der Waals surface area (Å²) in [4.78, 5) is 69.5. The van der Waals surface area contributed by atoms with Crippen molar-refractivity contribution in [2.75, 3.05) is 11.9 Å². The molecule has 3 aromatic carbocycles. The lowest BCUT2D eigenvalue weighted by atomic mass is 9.81. The molecule has 0 saturated carbocycles. The molecule has 7 rings (SSSR count). The maximum absolute atomic E-state index is 13.9. The van der Waals surface area contributed by atoms with Crippen LogP contribution in [-0.2, 0) is 19.8 Å². The molecule has 2 atom stereocenters. The monoisotopic (exact) mass is 755 g/mol. The topological polar surface area (TPSA) is 176 Å². The third-order valence-corrected chi connectivity index (χ3v) is 9.94. The molecule has 1 fully saturated rings. The van der Waals surface area contributed by atoms with Crippen LogP contribution in [0.4, 0.5) is 14.5 Å². The highest BCUT2D eigenvalue weighted by atomic mass is 19.3. The second kappa shape index (κ2) is 14.3. The highest BCUT2D eigenvalue weighted by Gasteiger charge is 2.46. The average Bonchev–Trinajstić information content (AvgIpc) is 3.58. The minimum absolute atomic E-state index is 0.0229. The van der Waals surface area contributed by atoms with E-state index in [0.29, 0.717) is 48.1 Å². The Hall–Kier alpha value is -6.12. The molecule has 1 saturated heterocycles. The average molecular weight is 756 g/mol. The number of unbranched alkanes of at least 4 members (excludes halogenated alkanes) is 2. The van der Waals surface area contributed by atoms with Gasteiger partial charge >= 0.3 is 6.29 Å². The Morgan fingerprint density at radius 2 is 1.80 bits per heavy atom. The first-order valence-electron chi connectivity index (χ1n) is 18.0. The number of rotatable bonds is 11. The van der Waals surface area contributed by atoms with Gasteiger partial charge in [0, 0.05) is 42.2 Å². The van der Waals surface area contributed by atoms with E-state index in [1.54, 1.807) is 30.5 Å². The van der Waals surface area contributed by atoms with Crippen LogP contribution in [-0.4, -0.2) is 63.4 Å². The van der Waals surface area contributed by atoms with E-state index >= 15 is 0 Å². The van der Waals surface area contributed by atoms with E-state index in [9.17, 15) is 37.9 Å². The van der Waals surface area contributed by atoms with Crippen LogP contribution in [0.2, 0.25) is 0 Å². The van der Waals surface area contributed by atoms with E-state index in [1.165, 1.54) is 24.3 Å². The number of aromatic nitrogens is 1. The van der Waals surface area contributed by atoms with Gasteiger partial charge in [-0.3, -0.25) is 39.2 Å². The van der Waals surface area contributed by atoms with Crippen molar-refractivity contribution in [3.8, 4) is 17.2 Å². The molecule has 15 heteroatoms. The van der Waals surface area contributed by atoms with Crippen LogP contribution >= 0.6 is 0 Å². The quantitative estimate of drug-likeness (QED) is 0.108. The number of pyridine rings is 1. The molecule has 0 bridgehead atoms. The number of amides is 5. The fourth-order valence-corrected chi connectivity index (χ4v) is 7.28. The minimum Gasteiger partial charge on any atom is -0.505 e. The van der Waals surface area contributed by atoms with Gasteiger partial charge in [0.2, 0.25) is 17.7 Å². The smallest absolute Gasteiger partial charge is 0.505 e. The van der Waals surface area contributed by atoms with E-state index in [0.717, 1.165) is 15.8 Å². The van der Waals surface area contributed by atoms with Gasteiger partial charge < -0.3 is 25.2 Å². The summed E-state index contributed by atoms with van der Waals surface area (Å²) in [6.07, 6.45) is -0.424. The molecule has 13 nitrogen and oxygen atoms in total. The van der Waals surface area contributed by atoms with Gasteiger partial charge in [0.15, 0.2) is 11.5 Å². The molecule has 0 radical (unpaired) electrons. The van der Waals surface area contributed by atoms with Crippen LogP contribution < -0.4 is 25.4 Å². The predicted octanol–water partition coefficient (Wildman–Crippen LogP) is 5.84. The van der Waals surface area contributed by atoms with E-state index in [4.69, 9.17) is 4.74 Å². The zero-order valence-electron chi connectivity index (χ0n) is 30.3. The molecule has 3 aliphatic rings. The van der Waals surface area contributed by atoms with Crippen molar-refractivity contribution in [3.63, 3.8) is 0 Å². The van der Waals surface area contributed by atoms with Crippen molar-refractivity contribution in [2.45, 2.75) is 83.1 Å². The number of nitrogens with zero attached hydrogens (tertiary/aromatic N) is 2. The molecule has 2 unspecified atom stereocenters. The van der Waals surface area contributed by atoms with Gasteiger partial charge in [0.1, 0.15) is 17.3 Å². The first-order valence-corrected chi connectivity index (χ1v) is 18.0. The molecule has 0 spiro atoms. The standard InChI is InChI=1S/C40H39F2N5O8/c1-39(2,3)25-20-24(35(50)34-22(25)10-8-18-44-34)33(21-13-15-28-29(19-21)55-40(41,42)54-28)45-30(48)12-5-4-6-17-43-26-11-7-9-23-32(26)38(53)47(37(23)52)27-14-16-31(49)46-36(27)51/h7-11,13,15,18-20,27,33,43,50H,4-6,12,14,16-17H2,1-3H3,(H,45,48)(H,46,49,51). The molecular weight excluding hydrogens is 716 g/mol. The van der Waals surface area contributed by atoms with Crippen LogP contribution in [0.3, 0.4) is 0 Å². The van der Waals surface area contributed by atoms with Crippen LogP contribution in [0.15, 0.2) is 60.8 Å². The second-order valence-corrected chi connectivity index (χ2v) is 14.8. The lowest BCUT2D eigenvalue weighted by Gasteiger charge is -2.27. The van der Waals surface area contributed by atoms with Gasteiger partial charge in [-0.05, 0) is 72.2 Å². The second-order valence-electron chi connectivity index (χ2n) is 14.8. The number of anilines is 1. The number of fused-ring (bicyclic) bond motifs is 3. The van der Waals surface area contributed by atoms with Crippen molar-refractivity contribution < 1.29 is 47.3 Å². The zero-order valence-corrected chi connectivity index (χ0v) is 30.3. The predicted molar refractivity (Wildman–Crippen MR) is 195 cm³/mol. The summed E-state index contributed by atoms with van der Waals surface area (Å²) in [5.74, 6) is -3.21. The highest BCUT2D eigenvalue weighted by Crippen LogP contribution is 2.45. The summed E-state index contributed by atoms with van der Waals surface area (Å²) >= 11 is 0. The molecule has 286 valence electrons. The minimum atomic E-state index is -3.84. The normalized spacial score (nSPS) is 18.0. The summed E-state index contributed by atoms with van der Waals surface area (Å²) in [6.45, 7) is 6.45. The number of carbonyl (C=O) groups is 5. The van der Waals surface area contributed by atoms with Gasteiger partial charge in [0.05, 0.1) is 17.2 Å². The maximum atomic E-state index is 13.9. The van der Waals surface area contributed by atoms with E-state index in [2.05, 4.69) is 25.7 Å². The number of hydrogen-bond acceptors (Lipinski definition) is 10. The molecule has 0 aliphatic carbocycles. The zero-order chi connectivity index (χ0) is 39.2. The molecular formula is C40H39F2N5O8. The Morgan fingerprint density at radius 1 is 1.02 bits per heavy atom. The van der Waals surface area contributed by atoms with Crippen LogP contribution in [0.5, 0.6) is 17.2 Å². The first kappa shape index (κ1) is 37.2. The van der Waals surface area contributed by atoms with E-state index in [-0.39, 0.29) is 53.5 Å².